The minimum atomic E-state index is -0.0737. The van der Waals surface area contributed by atoms with Crippen LogP contribution in [0.4, 0.5) is 5.69 Å². The average molecular weight is 234 g/mol. The van der Waals surface area contributed by atoms with Gasteiger partial charge in [0, 0.05) is 24.9 Å². The first-order chi connectivity index (χ1) is 8.27. The van der Waals surface area contributed by atoms with Gasteiger partial charge in [0.1, 0.15) is 0 Å². The van der Waals surface area contributed by atoms with Crippen LogP contribution < -0.4 is 10.6 Å². The monoisotopic (exact) mass is 234 g/mol. The Hall–Kier alpha value is -1.65. The largest absolute Gasteiger partial charge is 0.380 e. The molecule has 0 atom stereocenters. The van der Waals surface area contributed by atoms with Crippen molar-refractivity contribution in [2.24, 2.45) is 0 Å². The van der Waals surface area contributed by atoms with Crippen LogP contribution in [0.25, 0.3) is 0 Å². The summed E-state index contributed by atoms with van der Waals surface area (Å²) in [5.41, 5.74) is 1.76. The quantitative estimate of drug-likeness (QED) is 0.556. The molecule has 0 bridgehead atoms. The molecule has 92 valence electrons. The molecule has 0 fully saturated rings. The molecule has 0 aliphatic heterocycles. The summed E-state index contributed by atoms with van der Waals surface area (Å²) >= 11 is 0. The van der Waals surface area contributed by atoms with Crippen LogP contribution in [0.5, 0.6) is 0 Å². The lowest BCUT2D eigenvalue weighted by molar-refractivity contribution is -0.115. The molecule has 4 heteroatoms. The number of anilines is 1. The molecule has 0 unspecified atom stereocenters. The van der Waals surface area contributed by atoms with Crippen LogP contribution in [0.1, 0.15) is 5.56 Å². The van der Waals surface area contributed by atoms with E-state index in [4.69, 9.17) is 4.74 Å². The standard InChI is InChI=1S/C13H18N2O2/c1-3-8-14-9-13(16)15-12-7-5-4-6-11(12)10-17-2/h3-7,14H,1,8-10H2,2H3,(H,15,16). The molecule has 0 saturated heterocycles. The minimum absolute atomic E-state index is 0.0737. The fourth-order valence-electron chi connectivity index (χ4n) is 1.41. The predicted octanol–water partition coefficient (Wildman–Crippen LogP) is 1.55. The number of hydrogen-bond donors (Lipinski definition) is 2. The number of para-hydroxylation sites is 1. The van der Waals surface area contributed by atoms with Gasteiger partial charge in [0.2, 0.25) is 5.91 Å². The van der Waals surface area contributed by atoms with Crippen molar-refractivity contribution in [2.75, 3.05) is 25.5 Å². The van der Waals surface area contributed by atoms with Crippen molar-refractivity contribution >= 4 is 11.6 Å². The topological polar surface area (TPSA) is 50.4 Å². The first-order valence-electron chi connectivity index (χ1n) is 5.46. The number of methoxy groups -OCH3 is 1. The molecule has 2 N–H and O–H groups in total. The van der Waals surface area contributed by atoms with Crippen molar-refractivity contribution in [1.29, 1.82) is 0 Å². The first-order valence-corrected chi connectivity index (χ1v) is 5.46. The summed E-state index contributed by atoms with van der Waals surface area (Å²) in [7, 11) is 1.63. The number of ether oxygens (including phenoxy) is 1. The van der Waals surface area contributed by atoms with E-state index in [1.165, 1.54) is 0 Å². The Bertz CT molecular complexity index is 377. The lowest BCUT2D eigenvalue weighted by Crippen LogP contribution is -2.28. The highest BCUT2D eigenvalue weighted by Crippen LogP contribution is 2.15. The van der Waals surface area contributed by atoms with Crippen LogP contribution in [-0.2, 0) is 16.1 Å². The molecule has 1 aromatic carbocycles. The lowest BCUT2D eigenvalue weighted by atomic mass is 10.2. The third kappa shape index (κ3) is 4.80. The van der Waals surface area contributed by atoms with Gasteiger partial charge in [-0.05, 0) is 6.07 Å². The van der Waals surface area contributed by atoms with Crippen LogP contribution in [0, 0.1) is 0 Å². The van der Waals surface area contributed by atoms with Crippen LogP contribution in [-0.4, -0.2) is 26.1 Å². The van der Waals surface area contributed by atoms with Crippen LogP contribution in [0.3, 0.4) is 0 Å². The van der Waals surface area contributed by atoms with Gasteiger partial charge < -0.3 is 15.4 Å². The number of nitrogens with one attached hydrogen (secondary N) is 2. The van der Waals surface area contributed by atoms with E-state index in [9.17, 15) is 4.79 Å². The van der Waals surface area contributed by atoms with E-state index in [1.54, 1.807) is 13.2 Å². The van der Waals surface area contributed by atoms with Gasteiger partial charge in [-0.1, -0.05) is 24.3 Å². The second-order valence-corrected chi connectivity index (χ2v) is 3.56. The van der Waals surface area contributed by atoms with Crippen molar-refractivity contribution in [3.8, 4) is 0 Å². The molecule has 0 radical (unpaired) electrons. The lowest BCUT2D eigenvalue weighted by Gasteiger charge is -2.10. The van der Waals surface area contributed by atoms with E-state index in [1.807, 2.05) is 24.3 Å². The average Bonchev–Trinajstić information content (AvgIpc) is 2.32. The van der Waals surface area contributed by atoms with Crippen LogP contribution >= 0.6 is 0 Å². The predicted molar refractivity (Wildman–Crippen MR) is 68.9 cm³/mol. The summed E-state index contributed by atoms with van der Waals surface area (Å²) in [5.74, 6) is -0.0737. The molecule has 1 amide bonds. The zero-order valence-electron chi connectivity index (χ0n) is 10.0. The number of hydrogen-bond acceptors (Lipinski definition) is 3. The third-order valence-electron chi connectivity index (χ3n) is 2.17. The molecule has 0 aliphatic carbocycles. The zero-order valence-corrected chi connectivity index (χ0v) is 10.0. The molecule has 0 heterocycles. The smallest absolute Gasteiger partial charge is 0.238 e. The maximum absolute atomic E-state index is 11.6. The highest BCUT2D eigenvalue weighted by Gasteiger charge is 2.05. The Morgan fingerprint density at radius 2 is 2.24 bits per heavy atom. The summed E-state index contributed by atoms with van der Waals surface area (Å²) < 4.78 is 5.07. The van der Waals surface area contributed by atoms with Crippen LogP contribution in [0.2, 0.25) is 0 Å². The van der Waals surface area contributed by atoms with E-state index >= 15 is 0 Å². The number of carbonyl (C=O) groups excluding carboxylic acids is 1. The molecule has 4 nitrogen and oxygen atoms in total. The summed E-state index contributed by atoms with van der Waals surface area (Å²) in [5, 5.41) is 5.78. The van der Waals surface area contributed by atoms with Gasteiger partial charge in [-0.3, -0.25) is 4.79 Å². The Morgan fingerprint density at radius 1 is 1.47 bits per heavy atom. The van der Waals surface area contributed by atoms with Gasteiger partial charge in [0.25, 0.3) is 0 Å². The van der Waals surface area contributed by atoms with E-state index in [0.29, 0.717) is 13.2 Å². The first kappa shape index (κ1) is 13.4. The number of carbonyl (C=O) groups is 1. The Kier molecular flexibility index (Phi) is 5.99. The molecule has 17 heavy (non-hydrogen) atoms. The van der Waals surface area contributed by atoms with Gasteiger partial charge in [0.05, 0.1) is 13.2 Å². The maximum Gasteiger partial charge on any atom is 0.238 e. The minimum Gasteiger partial charge on any atom is -0.380 e. The normalized spacial score (nSPS) is 9.94. The third-order valence-corrected chi connectivity index (χ3v) is 2.17. The number of amides is 1. The Morgan fingerprint density at radius 3 is 2.94 bits per heavy atom. The second-order valence-electron chi connectivity index (χ2n) is 3.56. The molecule has 0 aromatic heterocycles. The molecule has 0 aliphatic rings. The maximum atomic E-state index is 11.6. The van der Waals surface area contributed by atoms with Crippen molar-refractivity contribution in [3.05, 3.63) is 42.5 Å². The van der Waals surface area contributed by atoms with Crippen molar-refractivity contribution in [3.63, 3.8) is 0 Å². The van der Waals surface area contributed by atoms with Gasteiger partial charge in [-0.25, -0.2) is 0 Å². The van der Waals surface area contributed by atoms with Gasteiger partial charge in [0.15, 0.2) is 0 Å². The van der Waals surface area contributed by atoms with Crippen molar-refractivity contribution in [2.45, 2.75) is 6.61 Å². The van der Waals surface area contributed by atoms with Gasteiger partial charge in [-0.2, -0.15) is 0 Å². The highest BCUT2D eigenvalue weighted by molar-refractivity contribution is 5.92. The Labute approximate surface area is 102 Å². The highest BCUT2D eigenvalue weighted by atomic mass is 16.5. The van der Waals surface area contributed by atoms with Crippen LogP contribution in [0.15, 0.2) is 36.9 Å². The van der Waals surface area contributed by atoms with Gasteiger partial charge in [-0.15, -0.1) is 6.58 Å². The van der Waals surface area contributed by atoms with Gasteiger partial charge >= 0.3 is 0 Å². The van der Waals surface area contributed by atoms with Crippen molar-refractivity contribution in [1.82, 2.24) is 5.32 Å². The molecule has 1 aromatic rings. The van der Waals surface area contributed by atoms with E-state index in [0.717, 1.165) is 11.3 Å². The molecular formula is C13H18N2O2. The van der Waals surface area contributed by atoms with E-state index in [-0.39, 0.29) is 12.5 Å². The zero-order chi connectivity index (χ0) is 12.5. The van der Waals surface area contributed by atoms with E-state index < -0.39 is 0 Å². The van der Waals surface area contributed by atoms with Crippen molar-refractivity contribution < 1.29 is 9.53 Å². The summed E-state index contributed by atoms with van der Waals surface area (Å²) in [6, 6.07) is 7.59. The fraction of sp³-hybridized carbons (Fsp3) is 0.308. The molecule has 0 spiro atoms. The molecule has 1 rings (SSSR count). The Balaban J connectivity index is 2.54. The summed E-state index contributed by atoms with van der Waals surface area (Å²) in [4.78, 5) is 11.6. The second kappa shape index (κ2) is 7.60. The fourth-order valence-corrected chi connectivity index (χ4v) is 1.41. The summed E-state index contributed by atoms with van der Waals surface area (Å²) in [6.07, 6.45) is 1.71. The molecular weight excluding hydrogens is 216 g/mol. The number of benzene rings is 1. The SMILES string of the molecule is C=CCNCC(=O)Nc1ccccc1COC. The number of rotatable bonds is 7. The molecule has 0 saturated carbocycles. The van der Waals surface area contributed by atoms with E-state index in [2.05, 4.69) is 17.2 Å². The summed E-state index contributed by atoms with van der Waals surface area (Å²) in [6.45, 7) is 4.94.